The molecule has 0 saturated carbocycles. The highest BCUT2D eigenvalue weighted by atomic mass is 16.1. The van der Waals surface area contributed by atoms with Gasteiger partial charge in [-0.25, -0.2) is 9.78 Å². The average molecular weight is 262 g/mol. The summed E-state index contributed by atoms with van der Waals surface area (Å²) in [6, 6.07) is 13.3. The smallest absolute Gasteiger partial charge is 0.290 e. The molecule has 20 heavy (non-hydrogen) atoms. The lowest BCUT2D eigenvalue weighted by atomic mass is 10.2. The standard InChI is InChI=1S/C15H10N4O/c20-15-18-14-13(4-2-8-17-14)19(15)11-5-6-12-10(9-11)3-1-7-16-12/h1-9H,(H,17,18,20). The quantitative estimate of drug-likeness (QED) is 0.572. The van der Waals surface area contributed by atoms with Crippen molar-refractivity contribution in [3.8, 4) is 5.69 Å². The number of aromatic amines is 1. The Kier molecular flexibility index (Phi) is 2.20. The SMILES string of the molecule is O=c1[nH]c2ncccc2n1-c1ccc2ncccc2c1. The fourth-order valence-electron chi connectivity index (χ4n) is 2.40. The Labute approximate surface area is 113 Å². The van der Waals surface area contributed by atoms with E-state index in [1.165, 1.54) is 0 Å². The van der Waals surface area contributed by atoms with Crippen molar-refractivity contribution in [2.24, 2.45) is 0 Å². The molecule has 0 aliphatic heterocycles. The zero-order valence-electron chi connectivity index (χ0n) is 10.4. The first kappa shape index (κ1) is 10.9. The minimum absolute atomic E-state index is 0.193. The molecular formula is C15H10N4O. The highest BCUT2D eigenvalue weighted by Gasteiger charge is 2.09. The van der Waals surface area contributed by atoms with E-state index < -0.39 is 0 Å². The van der Waals surface area contributed by atoms with Gasteiger partial charge in [0.05, 0.1) is 16.7 Å². The number of imidazole rings is 1. The molecule has 3 heterocycles. The molecule has 1 aromatic carbocycles. The zero-order chi connectivity index (χ0) is 13.5. The summed E-state index contributed by atoms with van der Waals surface area (Å²) in [4.78, 5) is 23.3. The second-order valence-corrected chi connectivity index (χ2v) is 4.52. The molecule has 0 aliphatic rings. The number of hydrogen-bond acceptors (Lipinski definition) is 3. The van der Waals surface area contributed by atoms with E-state index in [1.807, 2.05) is 42.5 Å². The van der Waals surface area contributed by atoms with E-state index in [4.69, 9.17) is 0 Å². The van der Waals surface area contributed by atoms with Crippen molar-refractivity contribution < 1.29 is 0 Å². The van der Waals surface area contributed by atoms with Crippen LogP contribution in [0.15, 0.2) is 59.7 Å². The van der Waals surface area contributed by atoms with Crippen LogP contribution in [0.2, 0.25) is 0 Å². The number of hydrogen-bond donors (Lipinski definition) is 1. The van der Waals surface area contributed by atoms with Crippen molar-refractivity contribution in [1.82, 2.24) is 19.5 Å². The molecule has 0 unspecified atom stereocenters. The molecule has 96 valence electrons. The number of nitrogens with one attached hydrogen (secondary N) is 1. The van der Waals surface area contributed by atoms with Crippen LogP contribution in [-0.4, -0.2) is 19.5 Å². The Morgan fingerprint density at radius 1 is 1.00 bits per heavy atom. The largest absolute Gasteiger partial charge is 0.332 e. The Morgan fingerprint density at radius 2 is 1.85 bits per heavy atom. The first-order valence-corrected chi connectivity index (χ1v) is 6.24. The van der Waals surface area contributed by atoms with Crippen LogP contribution in [0.3, 0.4) is 0 Å². The number of rotatable bonds is 1. The van der Waals surface area contributed by atoms with Gasteiger partial charge in [-0.3, -0.25) is 14.5 Å². The summed E-state index contributed by atoms with van der Waals surface area (Å²) < 4.78 is 1.62. The first-order valence-electron chi connectivity index (χ1n) is 6.24. The minimum atomic E-state index is -0.193. The van der Waals surface area contributed by atoms with Crippen LogP contribution in [0.1, 0.15) is 0 Å². The van der Waals surface area contributed by atoms with Crippen LogP contribution in [-0.2, 0) is 0 Å². The second kappa shape index (κ2) is 4.03. The minimum Gasteiger partial charge on any atom is -0.290 e. The van der Waals surface area contributed by atoms with E-state index in [9.17, 15) is 4.79 Å². The topological polar surface area (TPSA) is 63.6 Å². The van der Waals surface area contributed by atoms with Crippen molar-refractivity contribution in [2.75, 3.05) is 0 Å². The Balaban J connectivity index is 2.06. The van der Waals surface area contributed by atoms with Crippen molar-refractivity contribution in [1.29, 1.82) is 0 Å². The fraction of sp³-hybridized carbons (Fsp3) is 0. The van der Waals surface area contributed by atoms with Gasteiger partial charge in [0.2, 0.25) is 0 Å². The highest BCUT2D eigenvalue weighted by Crippen LogP contribution is 2.18. The third-order valence-electron chi connectivity index (χ3n) is 3.30. The molecule has 0 bridgehead atoms. The highest BCUT2D eigenvalue weighted by molar-refractivity contribution is 5.82. The molecule has 4 aromatic rings. The maximum atomic E-state index is 12.1. The summed E-state index contributed by atoms with van der Waals surface area (Å²) in [5.74, 6) is 0. The predicted molar refractivity (Wildman–Crippen MR) is 77.0 cm³/mol. The molecular weight excluding hydrogens is 252 g/mol. The van der Waals surface area contributed by atoms with E-state index in [2.05, 4.69) is 15.0 Å². The summed E-state index contributed by atoms with van der Waals surface area (Å²) in [5, 5.41) is 0.996. The third-order valence-corrected chi connectivity index (χ3v) is 3.30. The Hall–Kier alpha value is -2.95. The molecule has 0 saturated heterocycles. The van der Waals surface area contributed by atoms with Crippen molar-refractivity contribution in [3.05, 3.63) is 65.3 Å². The number of pyridine rings is 2. The van der Waals surface area contributed by atoms with Gasteiger partial charge in [-0.1, -0.05) is 6.07 Å². The Morgan fingerprint density at radius 3 is 2.80 bits per heavy atom. The number of nitrogens with zero attached hydrogens (tertiary/aromatic N) is 3. The van der Waals surface area contributed by atoms with Gasteiger partial charge < -0.3 is 0 Å². The van der Waals surface area contributed by atoms with Crippen LogP contribution in [0.25, 0.3) is 27.8 Å². The van der Waals surface area contributed by atoms with E-state index >= 15 is 0 Å². The molecule has 0 atom stereocenters. The van der Waals surface area contributed by atoms with Crippen LogP contribution in [0, 0.1) is 0 Å². The second-order valence-electron chi connectivity index (χ2n) is 4.52. The molecule has 5 heteroatoms. The fourth-order valence-corrected chi connectivity index (χ4v) is 2.40. The lowest BCUT2D eigenvalue weighted by molar-refractivity contribution is 1.02. The van der Waals surface area contributed by atoms with E-state index in [0.717, 1.165) is 22.1 Å². The van der Waals surface area contributed by atoms with Gasteiger partial charge in [-0.05, 0) is 36.4 Å². The van der Waals surface area contributed by atoms with Gasteiger partial charge in [0.25, 0.3) is 0 Å². The van der Waals surface area contributed by atoms with Gasteiger partial charge in [0, 0.05) is 17.8 Å². The summed E-state index contributed by atoms with van der Waals surface area (Å²) in [6.07, 6.45) is 3.41. The van der Waals surface area contributed by atoms with Gasteiger partial charge >= 0.3 is 5.69 Å². The molecule has 0 aliphatic carbocycles. The molecule has 1 N–H and O–H groups in total. The lowest BCUT2D eigenvalue weighted by Crippen LogP contribution is -2.14. The van der Waals surface area contributed by atoms with Crippen LogP contribution >= 0.6 is 0 Å². The van der Waals surface area contributed by atoms with Gasteiger partial charge in [0.15, 0.2) is 5.65 Å². The molecule has 0 amide bonds. The molecule has 0 spiro atoms. The van der Waals surface area contributed by atoms with Gasteiger partial charge in [0.1, 0.15) is 0 Å². The van der Waals surface area contributed by atoms with Crippen LogP contribution < -0.4 is 5.69 Å². The average Bonchev–Trinajstić information content (AvgIpc) is 2.82. The molecule has 0 radical (unpaired) electrons. The lowest BCUT2D eigenvalue weighted by Gasteiger charge is -2.04. The summed E-state index contributed by atoms with van der Waals surface area (Å²) in [7, 11) is 0. The zero-order valence-corrected chi connectivity index (χ0v) is 10.4. The molecule has 4 rings (SSSR count). The predicted octanol–water partition coefficient (Wildman–Crippen LogP) is 2.26. The first-order chi connectivity index (χ1) is 9.83. The maximum Gasteiger partial charge on any atom is 0.332 e. The van der Waals surface area contributed by atoms with E-state index in [1.54, 1.807) is 17.0 Å². The van der Waals surface area contributed by atoms with E-state index in [-0.39, 0.29) is 5.69 Å². The van der Waals surface area contributed by atoms with Crippen LogP contribution in [0.5, 0.6) is 0 Å². The Bertz CT molecular complexity index is 984. The summed E-state index contributed by atoms with van der Waals surface area (Å²) >= 11 is 0. The monoisotopic (exact) mass is 262 g/mol. The number of H-pyrrole nitrogens is 1. The summed E-state index contributed by atoms with van der Waals surface area (Å²) in [6.45, 7) is 0. The van der Waals surface area contributed by atoms with Crippen LogP contribution in [0.4, 0.5) is 0 Å². The number of benzene rings is 1. The maximum absolute atomic E-state index is 12.1. The molecule has 5 nitrogen and oxygen atoms in total. The van der Waals surface area contributed by atoms with Crippen molar-refractivity contribution in [2.45, 2.75) is 0 Å². The normalized spacial score (nSPS) is 11.2. The molecule has 3 aromatic heterocycles. The third kappa shape index (κ3) is 1.53. The van der Waals surface area contributed by atoms with E-state index in [0.29, 0.717) is 5.65 Å². The van der Waals surface area contributed by atoms with Gasteiger partial charge in [-0.15, -0.1) is 0 Å². The van der Waals surface area contributed by atoms with Gasteiger partial charge in [-0.2, -0.15) is 0 Å². The molecule has 0 fully saturated rings. The van der Waals surface area contributed by atoms with Crippen molar-refractivity contribution >= 4 is 22.1 Å². The summed E-state index contributed by atoms with van der Waals surface area (Å²) in [5.41, 5.74) is 2.86. The number of fused-ring (bicyclic) bond motifs is 2. The van der Waals surface area contributed by atoms with Crippen molar-refractivity contribution in [3.63, 3.8) is 0 Å². The number of aromatic nitrogens is 4.